The molecule has 1 heterocycles. The fraction of sp³-hybridized carbons (Fsp3) is 0.400. The Balaban J connectivity index is 0.00000225. The molecule has 0 aromatic carbocycles. The van der Waals surface area contributed by atoms with Gasteiger partial charge in [-0.15, -0.1) is 23.7 Å². The average molecular weight is 281 g/mol. The molecule has 0 bridgehead atoms. The molecular weight excluding hydrogens is 268 g/mol. The van der Waals surface area contributed by atoms with E-state index in [1.807, 2.05) is 0 Å². The van der Waals surface area contributed by atoms with Crippen LogP contribution in [0.4, 0.5) is 0 Å². The Labute approximate surface area is 109 Å². The first kappa shape index (κ1) is 15.5. The molecule has 1 rings (SSSR count). The minimum Gasteiger partial charge on any atom is -0.480 e. The molecule has 1 N–H and O–H groups in total. The molecule has 1 atom stereocenters. The van der Waals surface area contributed by atoms with E-state index in [0.29, 0.717) is 4.88 Å². The molecule has 0 spiro atoms. The average Bonchev–Trinajstić information content (AvgIpc) is 2.65. The Morgan fingerprint density at radius 2 is 2.06 bits per heavy atom. The highest BCUT2D eigenvalue weighted by Crippen LogP contribution is 2.25. The third-order valence-electron chi connectivity index (χ3n) is 1.81. The molecule has 0 fully saturated rings. The van der Waals surface area contributed by atoms with Gasteiger partial charge in [-0.2, -0.15) is 0 Å². The Morgan fingerprint density at radius 3 is 2.44 bits per heavy atom. The van der Waals surface area contributed by atoms with Crippen LogP contribution in [-0.2, 0) is 4.79 Å². The van der Waals surface area contributed by atoms with Crippen molar-refractivity contribution in [2.24, 2.45) is 5.92 Å². The van der Waals surface area contributed by atoms with E-state index in [4.69, 9.17) is 5.11 Å². The summed E-state index contributed by atoms with van der Waals surface area (Å²) in [6, 6.07) is 3.49. The molecule has 0 radical (unpaired) electrons. The highest BCUT2D eigenvalue weighted by atomic mass is 35.5. The van der Waals surface area contributed by atoms with Crippen molar-refractivity contribution in [1.29, 1.82) is 0 Å². The van der Waals surface area contributed by atoms with Crippen LogP contribution >= 0.6 is 35.5 Å². The summed E-state index contributed by atoms with van der Waals surface area (Å²) >= 11 is 2.22. The van der Waals surface area contributed by atoms with Crippen LogP contribution in [0.1, 0.15) is 23.5 Å². The summed E-state index contributed by atoms with van der Waals surface area (Å²) in [6.45, 7) is 3.60. The van der Waals surface area contributed by atoms with E-state index >= 15 is 0 Å². The first-order chi connectivity index (χ1) is 7.02. The second-order valence-corrected chi connectivity index (χ2v) is 5.45. The first-order valence-electron chi connectivity index (χ1n) is 4.49. The van der Waals surface area contributed by atoms with Crippen molar-refractivity contribution in [1.82, 2.24) is 0 Å². The molecule has 0 saturated carbocycles. The van der Waals surface area contributed by atoms with Gasteiger partial charge < -0.3 is 5.11 Å². The lowest BCUT2D eigenvalue weighted by Crippen LogP contribution is -2.24. The molecule has 0 aliphatic heterocycles. The van der Waals surface area contributed by atoms with E-state index in [0.717, 1.165) is 11.8 Å². The fourth-order valence-electron chi connectivity index (χ4n) is 1.04. The number of hydrogen-bond acceptors (Lipinski definition) is 4. The van der Waals surface area contributed by atoms with Gasteiger partial charge in [-0.05, 0) is 17.4 Å². The van der Waals surface area contributed by atoms with Crippen LogP contribution in [0, 0.1) is 5.92 Å². The third-order valence-corrected chi connectivity index (χ3v) is 4.24. The van der Waals surface area contributed by atoms with Crippen molar-refractivity contribution in [3.05, 3.63) is 22.4 Å². The van der Waals surface area contributed by atoms with Gasteiger partial charge in [-0.3, -0.25) is 9.59 Å². The molecule has 90 valence electrons. The quantitative estimate of drug-likeness (QED) is 0.920. The lowest BCUT2D eigenvalue weighted by Gasteiger charge is -2.13. The highest BCUT2D eigenvalue weighted by Gasteiger charge is 2.26. The van der Waals surface area contributed by atoms with Gasteiger partial charge in [0.15, 0.2) is 0 Å². The zero-order valence-corrected chi connectivity index (χ0v) is 11.3. The maximum absolute atomic E-state index is 11.6. The molecular formula is C10H13ClO3S2. The van der Waals surface area contributed by atoms with Crippen LogP contribution < -0.4 is 0 Å². The summed E-state index contributed by atoms with van der Waals surface area (Å²) in [5, 5.41) is 9.90. The van der Waals surface area contributed by atoms with Crippen LogP contribution in [0.2, 0.25) is 0 Å². The number of carbonyl (C=O) groups is 2. The van der Waals surface area contributed by atoms with E-state index in [1.54, 1.807) is 31.4 Å². The molecule has 3 nitrogen and oxygen atoms in total. The van der Waals surface area contributed by atoms with E-state index in [1.165, 1.54) is 11.3 Å². The summed E-state index contributed by atoms with van der Waals surface area (Å²) < 4.78 is 0. The molecule has 0 saturated heterocycles. The predicted octanol–water partition coefficient (Wildman–Crippen LogP) is 3.15. The van der Waals surface area contributed by atoms with Crippen LogP contribution in [0.15, 0.2) is 17.5 Å². The van der Waals surface area contributed by atoms with Gasteiger partial charge in [-0.25, -0.2) is 0 Å². The molecule has 0 amide bonds. The number of thioether (sulfide) groups is 1. The Kier molecular flexibility index (Phi) is 6.71. The van der Waals surface area contributed by atoms with Crippen molar-refractivity contribution in [3.8, 4) is 0 Å². The van der Waals surface area contributed by atoms with Crippen LogP contribution in [0.5, 0.6) is 0 Å². The second kappa shape index (κ2) is 6.93. The van der Waals surface area contributed by atoms with Crippen molar-refractivity contribution in [3.63, 3.8) is 0 Å². The summed E-state index contributed by atoms with van der Waals surface area (Å²) in [5.41, 5.74) is 0. The smallest absolute Gasteiger partial charge is 0.317 e. The lowest BCUT2D eigenvalue weighted by molar-refractivity contribution is -0.137. The zero-order chi connectivity index (χ0) is 11.4. The van der Waals surface area contributed by atoms with E-state index < -0.39 is 11.2 Å². The van der Waals surface area contributed by atoms with Crippen molar-refractivity contribution >= 4 is 46.6 Å². The lowest BCUT2D eigenvalue weighted by atomic mass is 10.1. The number of carbonyl (C=O) groups excluding carboxylic acids is 1. The summed E-state index contributed by atoms with van der Waals surface area (Å²) in [4.78, 5) is 23.1. The second-order valence-electron chi connectivity index (χ2n) is 3.39. The molecule has 1 aromatic rings. The number of hydrogen-bond donors (Lipinski definition) is 1. The van der Waals surface area contributed by atoms with Gasteiger partial charge in [0.1, 0.15) is 5.25 Å². The van der Waals surface area contributed by atoms with Crippen LogP contribution in [0.25, 0.3) is 0 Å². The molecule has 6 heteroatoms. The Bertz CT molecular complexity index is 349. The predicted molar refractivity (Wildman–Crippen MR) is 69.8 cm³/mol. The summed E-state index contributed by atoms with van der Waals surface area (Å²) in [7, 11) is 0. The van der Waals surface area contributed by atoms with E-state index in [2.05, 4.69) is 0 Å². The maximum Gasteiger partial charge on any atom is 0.317 e. The monoisotopic (exact) mass is 280 g/mol. The molecule has 1 unspecified atom stereocenters. The number of halogens is 1. The van der Waals surface area contributed by atoms with Crippen LogP contribution in [-0.4, -0.2) is 21.4 Å². The molecule has 0 aliphatic rings. The van der Waals surface area contributed by atoms with Gasteiger partial charge in [0.05, 0.1) is 4.88 Å². The minimum atomic E-state index is -0.931. The Hall–Kier alpha value is -0.520. The van der Waals surface area contributed by atoms with Crippen molar-refractivity contribution in [2.45, 2.75) is 19.1 Å². The summed E-state index contributed by atoms with van der Waals surface area (Å²) in [6.07, 6.45) is 0. The van der Waals surface area contributed by atoms with E-state index in [-0.39, 0.29) is 23.4 Å². The standard InChI is InChI=1S/C10H12O3S2.ClH/c1-6(2)8(9(11)12)15-10(13)7-4-3-5-14-7;/h3-6,8H,1-2H3,(H,11,12);1H. The Morgan fingerprint density at radius 1 is 1.44 bits per heavy atom. The molecule has 0 aliphatic carbocycles. The van der Waals surface area contributed by atoms with Gasteiger partial charge in [0, 0.05) is 0 Å². The van der Waals surface area contributed by atoms with Gasteiger partial charge in [0.2, 0.25) is 5.12 Å². The third kappa shape index (κ3) is 4.15. The number of thiophene rings is 1. The largest absolute Gasteiger partial charge is 0.480 e. The number of rotatable bonds is 4. The molecule has 16 heavy (non-hydrogen) atoms. The fourth-order valence-corrected chi connectivity index (χ4v) is 2.67. The van der Waals surface area contributed by atoms with Gasteiger partial charge >= 0.3 is 5.97 Å². The number of carboxylic acid groups (broad SMARTS) is 1. The summed E-state index contributed by atoms with van der Waals surface area (Å²) in [5.74, 6) is -0.990. The topological polar surface area (TPSA) is 54.4 Å². The van der Waals surface area contributed by atoms with Crippen molar-refractivity contribution < 1.29 is 14.7 Å². The van der Waals surface area contributed by atoms with Gasteiger partial charge in [0.25, 0.3) is 0 Å². The van der Waals surface area contributed by atoms with Gasteiger partial charge in [-0.1, -0.05) is 31.7 Å². The SMILES string of the molecule is CC(C)C(SC(=O)c1cccs1)C(=O)O.Cl. The minimum absolute atomic E-state index is 0. The molecule has 1 aromatic heterocycles. The van der Waals surface area contributed by atoms with E-state index in [9.17, 15) is 9.59 Å². The van der Waals surface area contributed by atoms with Crippen LogP contribution in [0.3, 0.4) is 0 Å². The highest BCUT2D eigenvalue weighted by molar-refractivity contribution is 8.15. The number of carboxylic acids is 1. The maximum atomic E-state index is 11.6. The number of aliphatic carboxylic acids is 1. The van der Waals surface area contributed by atoms with Crippen molar-refractivity contribution in [2.75, 3.05) is 0 Å². The normalized spacial score (nSPS) is 11.9. The first-order valence-corrected chi connectivity index (χ1v) is 6.25. The zero-order valence-electron chi connectivity index (χ0n) is 8.88.